The van der Waals surface area contributed by atoms with Crippen molar-refractivity contribution in [2.45, 2.75) is 38.5 Å². The third-order valence-corrected chi connectivity index (χ3v) is 6.97. The summed E-state index contributed by atoms with van der Waals surface area (Å²) in [7, 11) is 0. The summed E-state index contributed by atoms with van der Waals surface area (Å²) in [6.45, 7) is 4.33. The largest absolute Gasteiger partial charge is 0.494 e. The van der Waals surface area contributed by atoms with Crippen LogP contribution < -0.4 is 15.4 Å². The molecule has 0 spiro atoms. The highest BCUT2D eigenvalue weighted by molar-refractivity contribution is 6.10. The number of Topliss-reactive ketones (excluding diaryl/α,β-unsaturated/α-hetero) is 1. The molecule has 3 aromatic rings. The van der Waals surface area contributed by atoms with Crippen molar-refractivity contribution in [1.82, 2.24) is 5.32 Å². The molecule has 0 aromatic heterocycles. The molecule has 0 fully saturated rings. The van der Waals surface area contributed by atoms with E-state index in [-0.39, 0.29) is 23.4 Å². The number of allylic oxidation sites excluding steroid dienone is 3. The minimum Gasteiger partial charge on any atom is -0.494 e. The Kier molecular flexibility index (Phi) is 6.91. The van der Waals surface area contributed by atoms with Crippen LogP contribution in [-0.2, 0) is 9.59 Å². The van der Waals surface area contributed by atoms with Gasteiger partial charge in [0.2, 0.25) is 0 Å². The Morgan fingerprint density at radius 3 is 2.35 bits per heavy atom. The Labute approximate surface area is 216 Å². The van der Waals surface area contributed by atoms with E-state index in [0.717, 1.165) is 22.6 Å². The molecule has 6 heteroatoms. The summed E-state index contributed by atoms with van der Waals surface area (Å²) in [5, 5.41) is 6.28. The number of anilines is 1. The molecular formula is C31H29FN2O3. The van der Waals surface area contributed by atoms with E-state index in [2.05, 4.69) is 22.8 Å². The van der Waals surface area contributed by atoms with Gasteiger partial charge in [-0.15, -0.1) is 0 Å². The van der Waals surface area contributed by atoms with Crippen molar-refractivity contribution < 1.29 is 18.7 Å². The molecule has 1 aliphatic heterocycles. The van der Waals surface area contributed by atoms with Gasteiger partial charge in [-0.05, 0) is 73.7 Å². The van der Waals surface area contributed by atoms with E-state index in [1.54, 1.807) is 0 Å². The van der Waals surface area contributed by atoms with E-state index in [0.29, 0.717) is 42.0 Å². The SMILES string of the molecule is CCOc1ccc([C@H]2C(C(=O)Nc3ccc(F)cc3)=C(C)NC3=C2C(=O)C[C@@H](c2ccccc2)C3)cc1. The van der Waals surface area contributed by atoms with Crippen molar-refractivity contribution in [3.63, 3.8) is 0 Å². The van der Waals surface area contributed by atoms with Gasteiger partial charge >= 0.3 is 0 Å². The van der Waals surface area contributed by atoms with Crippen LogP contribution in [0, 0.1) is 5.82 Å². The number of benzene rings is 3. The van der Waals surface area contributed by atoms with Gasteiger partial charge in [0.1, 0.15) is 11.6 Å². The molecule has 2 aliphatic rings. The van der Waals surface area contributed by atoms with Crippen LogP contribution in [-0.4, -0.2) is 18.3 Å². The highest BCUT2D eigenvalue weighted by Gasteiger charge is 2.40. The van der Waals surface area contributed by atoms with Crippen LogP contribution >= 0.6 is 0 Å². The fourth-order valence-corrected chi connectivity index (χ4v) is 5.29. The number of hydrogen-bond donors (Lipinski definition) is 2. The lowest BCUT2D eigenvalue weighted by molar-refractivity contribution is -0.116. The maximum atomic E-state index is 13.7. The summed E-state index contributed by atoms with van der Waals surface area (Å²) in [5.41, 5.74) is 5.11. The van der Waals surface area contributed by atoms with Gasteiger partial charge in [-0.25, -0.2) is 4.39 Å². The van der Waals surface area contributed by atoms with Crippen LogP contribution in [0.25, 0.3) is 0 Å². The molecule has 1 amide bonds. The average molecular weight is 497 g/mol. The van der Waals surface area contributed by atoms with E-state index < -0.39 is 5.92 Å². The van der Waals surface area contributed by atoms with Gasteiger partial charge in [-0.3, -0.25) is 9.59 Å². The van der Waals surface area contributed by atoms with E-state index in [1.807, 2.05) is 56.3 Å². The summed E-state index contributed by atoms with van der Waals surface area (Å²) in [5.74, 6) is -0.414. The quantitative estimate of drug-likeness (QED) is 0.425. The molecule has 2 atom stereocenters. The van der Waals surface area contributed by atoms with Crippen molar-refractivity contribution in [3.8, 4) is 5.75 Å². The molecule has 1 heterocycles. The van der Waals surface area contributed by atoms with Crippen molar-refractivity contribution in [2.75, 3.05) is 11.9 Å². The van der Waals surface area contributed by atoms with Crippen LogP contribution in [0.2, 0.25) is 0 Å². The number of ketones is 1. The number of carbonyl (C=O) groups excluding carboxylic acids is 2. The smallest absolute Gasteiger partial charge is 0.254 e. The first-order valence-corrected chi connectivity index (χ1v) is 12.5. The fourth-order valence-electron chi connectivity index (χ4n) is 5.29. The zero-order valence-electron chi connectivity index (χ0n) is 20.9. The fraction of sp³-hybridized carbons (Fsp3) is 0.226. The lowest BCUT2D eigenvalue weighted by atomic mass is 9.71. The predicted octanol–water partition coefficient (Wildman–Crippen LogP) is 6.22. The van der Waals surface area contributed by atoms with Crippen molar-refractivity contribution in [3.05, 3.63) is 118 Å². The molecular weight excluding hydrogens is 467 g/mol. The van der Waals surface area contributed by atoms with Gasteiger partial charge in [0.25, 0.3) is 5.91 Å². The third-order valence-electron chi connectivity index (χ3n) is 6.97. The molecule has 0 saturated carbocycles. The van der Waals surface area contributed by atoms with Crippen LogP contribution in [0.1, 0.15) is 49.7 Å². The lowest BCUT2D eigenvalue weighted by Crippen LogP contribution is -2.37. The Balaban J connectivity index is 1.55. The minimum absolute atomic E-state index is 0.0288. The minimum atomic E-state index is -0.531. The molecule has 5 nitrogen and oxygen atoms in total. The number of nitrogens with one attached hydrogen (secondary N) is 2. The molecule has 0 radical (unpaired) electrons. The average Bonchev–Trinajstić information content (AvgIpc) is 2.90. The van der Waals surface area contributed by atoms with E-state index in [4.69, 9.17) is 4.74 Å². The summed E-state index contributed by atoms with van der Waals surface area (Å²) in [6, 6.07) is 23.3. The first kappa shape index (κ1) is 24.5. The molecule has 1 aliphatic carbocycles. The van der Waals surface area contributed by atoms with Crippen LogP contribution in [0.3, 0.4) is 0 Å². The number of halogens is 1. The topological polar surface area (TPSA) is 67.4 Å². The van der Waals surface area contributed by atoms with Crippen molar-refractivity contribution >= 4 is 17.4 Å². The number of dihydropyridines is 1. The maximum absolute atomic E-state index is 13.7. The number of hydrogen-bond acceptors (Lipinski definition) is 4. The van der Waals surface area contributed by atoms with E-state index >= 15 is 0 Å². The summed E-state index contributed by atoms with van der Waals surface area (Å²) in [6.07, 6.45) is 1.06. The molecule has 0 bridgehead atoms. The highest BCUT2D eigenvalue weighted by atomic mass is 19.1. The Morgan fingerprint density at radius 1 is 0.973 bits per heavy atom. The maximum Gasteiger partial charge on any atom is 0.254 e. The third kappa shape index (κ3) is 5.05. The van der Waals surface area contributed by atoms with Gasteiger partial charge in [-0.2, -0.15) is 0 Å². The lowest BCUT2D eigenvalue weighted by Gasteiger charge is -2.37. The Hall–Kier alpha value is -4.19. The van der Waals surface area contributed by atoms with Gasteiger partial charge in [0.15, 0.2) is 5.78 Å². The first-order chi connectivity index (χ1) is 17.9. The Bertz CT molecular complexity index is 1380. The molecule has 0 saturated heterocycles. The normalized spacial score (nSPS) is 19.3. The number of carbonyl (C=O) groups is 2. The standard InChI is InChI=1S/C31H29FN2O3/c1-3-37-25-15-9-21(10-16-25)29-28(31(36)34-24-13-11-23(32)12-14-24)19(2)33-26-17-22(18-27(35)30(26)29)20-7-5-4-6-8-20/h4-16,22,29,33H,3,17-18H2,1-2H3,(H,34,36)/t22-,29-/m0/s1. The zero-order valence-corrected chi connectivity index (χ0v) is 20.9. The molecule has 2 N–H and O–H groups in total. The van der Waals surface area contributed by atoms with Gasteiger partial charge in [0.05, 0.1) is 6.61 Å². The van der Waals surface area contributed by atoms with Crippen LogP contribution in [0.5, 0.6) is 5.75 Å². The van der Waals surface area contributed by atoms with Gasteiger partial charge < -0.3 is 15.4 Å². The van der Waals surface area contributed by atoms with Crippen molar-refractivity contribution in [1.29, 1.82) is 0 Å². The van der Waals surface area contributed by atoms with Crippen LogP contribution in [0.15, 0.2) is 101 Å². The summed E-state index contributed by atoms with van der Waals surface area (Å²) < 4.78 is 19.0. The first-order valence-electron chi connectivity index (χ1n) is 12.5. The predicted molar refractivity (Wildman–Crippen MR) is 142 cm³/mol. The molecule has 37 heavy (non-hydrogen) atoms. The number of amides is 1. The van der Waals surface area contributed by atoms with Gasteiger partial charge in [-0.1, -0.05) is 42.5 Å². The zero-order chi connectivity index (χ0) is 25.9. The van der Waals surface area contributed by atoms with Crippen LogP contribution in [0.4, 0.5) is 10.1 Å². The molecule has 188 valence electrons. The molecule has 3 aromatic carbocycles. The molecule has 5 rings (SSSR count). The van der Waals surface area contributed by atoms with Gasteiger partial charge in [0, 0.05) is 40.6 Å². The summed E-state index contributed by atoms with van der Waals surface area (Å²) >= 11 is 0. The summed E-state index contributed by atoms with van der Waals surface area (Å²) in [4.78, 5) is 27.3. The van der Waals surface area contributed by atoms with E-state index in [9.17, 15) is 14.0 Å². The Morgan fingerprint density at radius 2 is 1.68 bits per heavy atom. The number of ether oxygens (including phenoxy) is 1. The van der Waals surface area contributed by atoms with E-state index in [1.165, 1.54) is 24.3 Å². The second-order valence-corrected chi connectivity index (χ2v) is 9.39. The monoisotopic (exact) mass is 496 g/mol. The second-order valence-electron chi connectivity index (χ2n) is 9.39. The second kappa shape index (κ2) is 10.4. The highest BCUT2D eigenvalue weighted by Crippen LogP contribution is 2.45. The molecule has 0 unspecified atom stereocenters. The van der Waals surface area contributed by atoms with Crippen molar-refractivity contribution in [2.24, 2.45) is 0 Å². The number of rotatable bonds is 6.